The third-order valence-electron chi connectivity index (χ3n) is 6.38. The molecule has 8 heteroatoms. The van der Waals surface area contributed by atoms with Crippen LogP contribution in [-0.4, -0.2) is 41.7 Å². The van der Waals surface area contributed by atoms with Gasteiger partial charge in [-0.25, -0.2) is 4.39 Å². The number of nitrogens with zero attached hydrogens (tertiary/aromatic N) is 1. The van der Waals surface area contributed by atoms with Crippen molar-refractivity contribution in [3.8, 4) is 5.75 Å². The molecule has 0 aliphatic heterocycles. The summed E-state index contributed by atoms with van der Waals surface area (Å²) in [5.41, 5.74) is 1.29. The zero-order chi connectivity index (χ0) is 25.2. The van der Waals surface area contributed by atoms with Crippen LogP contribution in [-0.2, 0) is 21.9 Å². The van der Waals surface area contributed by atoms with E-state index in [-0.39, 0.29) is 35.2 Å². The molecule has 5 nitrogen and oxygen atoms in total. The van der Waals surface area contributed by atoms with Gasteiger partial charge in [-0.2, -0.15) is 0 Å². The van der Waals surface area contributed by atoms with Gasteiger partial charge in [0.2, 0.25) is 11.8 Å². The number of rotatable bonds is 11. The van der Waals surface area contributed by atoms with Gasteiger partial charge in [0.25, 0.3) is 0 Å². The standard InChI is InChI=1S/C27H34ClFN2O3S/c1-3-25(27(33)30-20-8-5-4-6-9-20)31(16-19-12-14-21(34-2)15-13-19)26(32)18-35-17-22-23(28)10-7-11-24(22)29/h7,10-15,20,25H,3-6,8-9,16-18H2,1-2H3,(H,30,33)/t25-/m1/s1. The number of nitrogens with one attached hydrogen (secondary N) is 1. The molecule has 1 aliphatic carbocycles. The molecule has 0 bridgehead atoms. The second-order valence-corrected chi connectivity index (χ2v) is 10.2. The van der Waals surface area contributed by atoms with Crippen LogP contribution in [0.15, 0.2) is 42.5 Å². The van der Waals surface area contributed by atoms with Crippen LogP contribution in [0.25, 0.3) is 0 Å². The van der Waals surface area contributed by atoms with Crippen molar-refractivity contribution < 1.29 is 18.7 Å². The first-order valence-corrected chi connectivity index (χ1v) is 13.7. The van der Waals surface area contributed by atoms with Gasteiger partial charge in [-0.1, -0.05) is 56.0 Å². The van der Waals surface area contributed by atoms with E-state index in [9.17, 15) is 14.0 Å². The molecule has 0 saturated heterocycles. The van der Waals surface area contributed by atoms with Crippen LogP contribution >= 0.6 is 23.4 Å². The topological polar surface area (TPSA) is 58.6 Å². The summed E-state index contributed by atoms with van der Waals surface area (Å²) in [6, 6.07) is 11.6. The fourth-order valence-electron chi connectivity index (χ4n) is 4.38. The molecule has 3 rings (SSSR count). The van der Waals surface area contributed by atoms with Crippen molar-refractivity contribution in [3.63, 3.8) is 0 Å². The highest BCUT2D eigenvalue weighted by Crippen LogP contribution is 2.25. The van der Waals surface area contributed by atoms with E-state index in [2.05, 4.69) is 5.32 Å². The van der Waals surface area contributed by atoms with E-state index in [0.29, 0.717) is 23.6 Å². The maximum Gasteiger partial charge on any atom is 0.243 e. The van der Waals surface area contributed by atoms with Crippen LogP contribution in [0.4, 0.5) is 4.39 Å². The number of carbonyl (C=O) groups is 2. The van der Waals surface area contributed by atoms with Crippen molar-refractivity contribution in [2.24, 2.45) is 0 Å². The lowest BCUT2D eigenvalue weighted by molar-refractivity contribution is -0.139. The molecule has 0 radical (unpaired) electrons. The fraction of sp³-hybridized carbons (Fsp3) is 0.481. The lowest BCUT2D eigenvalue weighted by Gasteiger charge is -2.32. The summed E-state index contributed by atoms with van der Waals surface area (Å²) in [5.74, 6) is 0.469. The van der Waals surface area contributed by atoms with Gasteiger partial charge in [0, 0.05) is 28.9 Å². The van der Waals surface area contributed by atoms with Crippen molar-refractivity contribution in [2.75, 3.05) is 12.9 Å². The fourth-order valence-corrected chi connectivity index (χ4v) is 5.63. The number of hydrogen-bond acceptors (Lipinski definition) is 4. The highest BCUT2D eigenvalue weighted by Gasteiger charge is 2.30. The molecule has 35 heavy (non-hydrogen) atoms. The Labute approximate surface area is 216 Å². The Morgan fingerprint density at radius 2 is 1.89 bits per heavy atom. The van der Waals surface area contributed by atoms with Crippen LogP contribution in [0.1, 0.15) is 56.6 Å². The van der Waals surface area contributed by atoms with Gasteiger partial charge in [-0.15, -0.1) is 11.8 Å². The van der Waals surface area contributed by atoms with Crippen LogP contribution in [0.2, 0.25) is 5.02 Å². The van der Waals surface area contributed by atoms with E-state index in [4.69, 9.17) is 16.3 Å². The number of hydrogen-bond donors (Lipinski definition) is 1. The molecule has 0 heterocycles. The van der Waals surface area contributed by atoms with Crippen molar-refractivity contribution in [1.82, 2.24) is 10.2 Å². The van der Waals surface area contributed by atoms with Crippen molar-refractivity contribution in [3.05, 3.63) is 64.4 Å². The van der Waals surface area contributed by atoms with Gasteiger partial charge in [-0.05, 0) is 49.1 Å². The Balaban J connectivity index is 1.73. The summed E-state index contributed by atoms with van der Waals surface area (Å²) in [4.78, 5) is 28.3. The molecule has 0 spiro atoms. The van der Waals surface area contributed by atoms with Gasteiger partial charge in [0.05, 0.1) is 12.9 Å². The monoisotopic (exact) mass is 520 g/mol. The normalized spacial score (nSPS) is 14.9. The molecule has 190 valence electrons. The molecule has 1 saturated carbocycles. The Morgan fingerprint density at radius 3 is 2.51 bits per heavy atom. The molecule has 1 atom stereocenters. The summed E-state index contributed by atoms with van der Waals surface area (Å²) >= 11 is 7.43. The number of ether oxygens (including phenoxy) is 1. The van der Waals surface area contributed by atoms with E-state index in [0.717, 1.165) is 37.0 Å². The number of thioether (sulfide) groups is 1. The minimum Gasteiger partial charge on any atom is -0.497 e. The summed E-state index contributed by atoms with van der Waals surface area (Å²) in [6.45, 7) is 2.23. The van der Waals surface area contributed by atoms with E-state index in [1.165, 1.54) is 24.2 Å². The smallest absolute Gasteiger partial charge is 0.243 e. The summed E-state index contributed by atoms with van der Waals surface area (Å²) in [7, 11) is 1.60. The molecular formula is C27H34ClFN2O3S. The summed E-state index contributed by atoms with van der Waals surface area (Å²) in [6.07, 6.45) is 5.90. The van der Waals surface area contributed by atoms with E-state index in [1.807, 2.05) is 31.2 Å². The number of methoxy groups -OCH3 is 1. The lowest BCUT2D eigenvalue weighted by Crippen LogP contribution is -2.52. The maximum absolute atomic E-state index is 14.1. The minimum atomic E-state index is -0.579. The molecule has 0 aromatic heterocycles. The molecule has 1 aliphatic rings. The quantitative estimate of drug-likeness (QED) is 0.396. The zero-order valence-electron chi connectivity index (χ0n) is 20.4. The third-order valence-corrected chi connectivity index (χ3v) is 7.68. The predicted octanol–water partition coefficient (Wildman–Crippen LogP) is 5.98. The van der Waals surface area contributed by atoms with E-state index >= 15 is 0 Å². The van der Waals surface area contributed by atoms with Crippen LogP contribution in [0.3, 0.4) is 0 Å². The van der Waals surface area contributed by atoms with Gasteiger partial charge >= 0.3 is 0 Å². The van der Waals surface area contributed by atoms with Gasteiger partial charge < -0.3 is 15.0 Å². The molecule has 2 aromatic carbocycles. The van der Waals surface area contributed by atoms with Gasteiger partial charge in [0.15, 0.2) is 0 Å². The second-order valence-electron chi connectivity index (χ2n) is 8.83. The predicted molar refractivity (Wildman–Crippen MR) is 140 cm³/mol. The summed E-state index contributed by atoms with van der Waals surface area (Å²) < 4.78 is 19.4. The van der Waals surface area contributed by atoms with Crippen LogP contribution in [0.5, 0.6) is 5.75 Å². The SMILES string of the molecule is CC[C@H](C(=O)NC1CCCCC1)N(Cc1ccc(OC)cc1)C(=O)CSCc1c(F)cccc1Cl. The van der Waals surface area contributed by atoms with E-state index < -0.39 is 6.04 Å². The largest absolute Gasteiger partial charge is 0.497 e. The number of halogens is 2. The Kier molecular flexibility index (Phi) is 10.7. The molecule has 1 fully saturated rings. The first-order chi connectivity index (χ1) is 16.9. The van der Waals surface area contributed by atoms with Crippen molar-refractivity contribution >= 4 is 35.2 Å². The third kappa shape index (κ3) is 7.87. The zero-order valence-corrected chi connectivity index (χ0v) is 22.0. The van der Waals surface area contributed by atoms with Crippen molar-refractivity contribution in [2.45, 2.75) is 69.8 Å². The average Bonchev–Trinajstić information content (AvgIpc) is 2.86. The van der Waals surface area contributed by atoms with Gasteiger partial charge in [-0.3, -0.25) is 9.59 Å². The Morgan fingerprint density at radius 1 is 1.17 bits per heavy atom. The Hall–Kier alpha value is -2.25. The first-order valence-electron chi connectivity index (χ1n) is 12.2. The molecule has 2 amide bonds. The second kappa shape index (κ2) is 13.7. The molecule has 2 aromatic rings. The molecular weight excluding hydrogens is 487 g/mol. The minimum absolute atomic E-state index is 0.108. The highest BCUT2D eigenvalue weighted by atomic mass is 35.5. The van der Waals surface area contributed by atoms with Crippen LogP contribution in [0, 0.1) is 5.82 Å². The van der Waals surface area contributed by atoms with Crippen LogP contribution < -0.4 is 10.1 Å². The Bertz CT molecular complexity index is 963. The number of benzene rings is 2. The highest BCUT2D eigenvalue weighted by molar-refractivity contribution is 7.99. The lowest BCUT2D eigenvalue weighted by atomic mass is 9.95. The number of carbonyl (C=O) groups excluding carboxylic acids is 2. The van der Waals surface area contributed by atoms with Gasteiger partial charge in [0.1, 0.15) is 17.6 Å². The number of amides is 2. The maximum atomic E-state index is 14.1. The summed E-state index contributed by atoms with van der Waals surface area (Å²) in [5, 5.41) is 3.53. The molecule has 0 unspecified atom stereocenters. The average molecular weight is 521 g/mol. The molecule has 1 N–H and O–H groups in total. The van der Waals surface area contributed by atoms with Crippen molar-refractivity contribution in [1.29, 1.82) is 0 Å². The first kappa shape index (κ1) is 27.3. The van der Waals surface area contributed by atoms with E-state index in [1.54, 1.807) is 24.1 Å².